The zero-order chi connectivity index (χ0) is 15.4. The van der Waals surface area contributed by atoms with Crippen molar-refractivity contribution in [2.45, 2.75) is 39.0 Å². The molecule has 0 spiro atoms. The maximum absolute atomic E-state index is 5.67. The van der Waals surface area contributed by atoms with Gasteiger partial charge in [-0.1, -0.05) is 13.8 Å². The van der Waals surface area contributed by atoms with Crippen molar-refractivity contribution >= 4 is 15.9 Å². The van der Waals surface area contributed by atoms with E-state index in [1.165, 1.54) is 24.0 Å². The lowest BCUT2D eigenvalue weighted by Gasteiger charge is -2.26. The molecule has 1 heterocycles. The number of hydrogen-bond acceptors (Lipinski definition) is 3. The third-order valence-corrected chi connectivity index (χ3v) is 4.80. The number of piperidine rings is 1. The molecular weight excluding hydrogens is 330 g/mol. The molecule has 0 aliphatic carbocycles. The SMILES string of the molecule is COc1c(Br)cc(CC2CCCNC2)c(C(C)C)c1OC. The van der Waals surface area contributed by atoms with Crippen LogP contribution in [0.4, 0.5) is 0 Å². The number of rotatable bonds is 5. The Labute approximate surface area is 136 Å². The molecule has 1 N–H and O–H groups in total. The van der Waals surface area contributed by atoms with E-state index in [2.05, 4.69) is 41.2 Å². The predicted molar refractivity (Wildman–Crippen MR) is 90.6 cm³/mol. The van der Waals surface area contributed by atoms with Gasteiger partial charge < -0.3 is 14.8 Å². The third kappa shape index (κ3) is 3.72. The average Bonchev–Trinajstić information content (AvgIpc) is 2.47. The molecule has 0 aromatic heterocycles. The van der Waals surface area contributed by atoms with Crippen LogP contribution in [0.5, 0.6) is 11.5 Å². The van der Waals surface area contributed by atoms with Gasteiger partial charge in [-0.25, -0.2) is 0 Å². The lowest BCUT2D eigenvalue weighted by molar-refractivity contribution is 0.345. The van der Waals surface area contributed by atoms with Gasteiger partial charge in [-0.15, -0.1) is 0 Å². The predicted octanol–water partition coefficient (Wildman–Crippen LogP) is 4.13. The van der Waals surface area contributed by atoms with E-state index >= 15 is 0 Å². The summed E-state index contributed by atoms with van der Waals surface area (Å²) in [6.07, 6.45) is 3.67. The monoisotopic (exact) mass is 355 g/mol. The van der Waals surface area contributed by atoms with Crippen LogP contribution in [0.2, 0.25) is 0 Å². The van der Waals surface area contributed by atoms with E-state index in [4.69, 9.17) is 9.47 Å². The van der Waals surface area contributed by atoms with Gasteiger partial charge in [-0.2, -0.15) is 0 Å². The van der Waals surface area contributed by atoms with E-state index in [0.29, 0.717) is 11.8 Å². The van der Waals surface area contributed by atoms with Gasteiger partial charge in [0.15, 0.2) is 11.5 Å². The van der Waals surface area contributed by atoms with Crippen LogP contribution in [-0.4, -0.2) is 27.3 Å². The highest BCUT2D eigenvalue weighted by atomic mass is 79.9. The zero-order valence-corrected chi connectivity index (χ0v) is 15.0. The highest BCUT2D eigenvalue weighted by Crippen LogP contribution is 2.44. The second-order valence-electron chi connectivity index (χ2n) is 6.07. The Bertz CT molecular complexity index is 482. The van der Waals surface area contributed by atoms with Crippen molar-refractivity contribution in [1.82, 2.24) is 5.32 Å². The molecule has 1 aliphatic heterocycles. The van der Waals surface area contributed by atoms with Crippen molar-refractivity contribution in [3.63, 3.8) is 0 Å². The fraction of sp³-hybridized carbons (Fsp3) is 0.647. The first kappa shape index (κ1) is 16.6. The van der Waals surface area contributed by atoms with E-state index < -0.39 is 0 Å². The lowest BCUT2D eigenvalue weighted by Crippen LogP contribution is -2.31. The Kier molecular flexibility index (Phi) is 5.94. The molecule has 1 fully saturated rings. The van der Waals surface area contributed by atoms with Crippen LogP contribution < -0.4 is 14.8 Å². The van der Waals surface area contributed by atoms with E-state index in [0.717, 1.165) is 35.5 Å². The summed E-state index contributed by atoms with van der Waals surface area (Å²) in [7, 11) is 3.42. The fourth-order valence-electron chi connectivity index (χ4n) is 3.28. The molecule has 2 rings (SSSR count). The van der Waals surface area contributed by atoms with E-state index in [1.54, 1.807) is 14.2 Å². The quantitative estimate of drug-likeness (QED) is 0.861. The van der Waals surface area contributed by atoms with E-state index in [-0.39, 0.29) is 0 Å². The first-order valence-corrected chi connectivity index (χ1v) is 8.51. The van der Waals surface area contributed by atoms with Gasteiger partial charge in [0.2, 0.25) is 0 Å². The number of halogens is 1. The van der Waals surface area contributed by atoms with Crippen molar-refractivity contribution in [2.75, 3.05) is 27.3 Å². The Morgan fingerprint density at radius 3 is 2.52 bits per heavy atom. The smallest absolute Gasteiger partial charge is 0.175 e. The second kappa shape index (κ2) is 7.50. The van der Waals surface area contributed by atoms with Crippen LogP contribution in [-0.2, 0) is 6.42 Å². The molecule has 3 nitrogen and oxygen atoms in total. The summed E-state index contributed by atoms with van der Waals surface area (Å²) in [5.41, 5.74) is 2.66. The molecule has 1 aromatic rings. The lowest BCUT2D eigenvalue weighted by atomic mass is 9.86. The highest BCUT2D eigenvalue weighted by Gasteiger charge is 2.23. The second-order valence-corrected chi connectivity index (χ2v) is 6.92. The standard InChI is InChI=1S/C17H26BrNO2/c1-11(2)15-13(8-12-6-5-7-19-10-12)9-14(18)16(20-3)17(15)21-4/h9,11-12,19H,5-8,10H2,1-4H3. The number of ether oxygens (including phenoxy) is 2. The Morgan fingerprint density at radius 2 is 2.00 bits per heavy atom. The molecule has 0 amide bonds. The molecule has 1 atom stereocenters. The van der Waals surface area contributed by atoms with Crippen LogP contribution in [0.1, 0.15) is 43.7 Å². The van der Waals surface area contributed by atoms with Gasteiger partial charge >= 0.3 is 0 Å². The van der Waals surface area contributed by atoms with Crippen molar-refractivity contribution < 1.29 is 9.47 Å². The topological polar surface area (TPSA) is 30.5 Å². The van der Waals surface area contributed by atoms with Crippen molar-refractivity contribution in [2.24, 2.45) is 5.92 Å². The first-order chi connectivity index (χ1) is 10.1. The summed E-state index contributed by atoms with van der Waals surface area (Å²) in [4.78, 5) is 0. The number of hydrogen-bond donors (Lipinski definition) is 1. The van der Waals surface area contributed by atoms with Crippen LogP contribution >= 0.6 is 15.9 Å². The summed E-state index contributed by atoms with van der Waals surface area (Å²) in [6.45, 7) is 6.70. The van der Waals surface area contributed by atoms with Gasteiger partial charge in [-0.05, 0) is 71.7 Å². The minimum absolute atomic E-state index is 0.411. The van der Waals surface area contributed by atoms with Crippen LogP contribution in [0.25, 0.3) is 0 Å². The molecular formula is C17H26BrNO2. The van der Waals surface area contributed by atoms with Crippen LogP contribution in [0, 0.1) is 5.92 Å². The largest absolute Gasteiger partial charge is 0.493 e. The van der Waals surface area contributed by atoms with Gasteiger partial charge in [0.05, 0.1) is 18.7 Å². The average molecular weight is 356 g/mol. The van der Waals surface area contributed by atoms with Gasteiger partial charge in [0.25, 0.3) is 0 Å². The van der Waals surface area contributed by atoms with Crippen molar-refractivity contribution in [1.29, 1.82) is 0 Å². The molecule has 0 bridgehead atoms. The van der Waals surface area contributed by atoms with E-state index in [9.17, 15) is 0 Å². The Hall–Kier alpha value is -0.740. The van der Waals surface area contributed by atoms with Crippen LogP contribution in [0.15, 0.2) is 10.5 Å². The number of benzene rings is 1. The summed E-state index contributed by atoms with van der Waals surface area (Å²) in [5, 5.41) is 3.50. The zero-order valence-electron chi connectivity index (χ0n) is 13.5. The Morgan fingerprint density at radius 1 is 1.29 bits per heavy atom. The fourth-order valence-corrected chi connectivity index (χ4v) is 3.90. The molecule has 0 radical (unpaired) electrons. The summed E-state index contributed by atoms with van der Waals surface area (Å²) in [6, 6.07) is 2.21. The molecule has 21 heavy (non-hydrogen) atoms. The molecule has 0 saturated carbocycles. The van der Waals surface area contributed by atoms with Crippen LogP contribution in [0.3, 0.4) is 0 Å². The first-order valence-electron chi connectivity index (χ1n) is 7.72. The van der Waals surface area contributed by atoms with E-state index in [1.807, 2.05) is 0 Å². The summed E-state index contributed by atoms with van der Waals surface area (Å²) >= 11 is 3.63. The summed E-state index contributed by atoms with van der Waals surface area (Å²) in [5.74, 6) is 2.79. The molecule has 1 unspecified atom stereocenters. The maximum Gasteiger partial charge on any atom is 0.175 e. The normalized spacial score (nSPS) is 18.9. The highest BCUT2D eigenvalue weighted by molar-refractivity contribution is 9.10. The number of nitrogens with one attached hydrogen (secondary N) is 1. The van der Waals surface area contributed by atoms with Gasteiger partial charge in [0, 0.05) is 5.56 Å². The molecule has 1 aromatic carbocycles. The molecule has 4 heteroatoms. The molecule has 1 aliphatic rings. The maximum atomic E-state index is 5.67. The molecule has 1 saturated heterocycles. The Balaban J connectivity index is 2.40. The summed E-state index contributed by atoms with van der Waals surface area (Å²) < 4.78 is 12.2. The minimum atomic E-state index is 0.411. The third-order valence-electron chi connectivity index (χ3n) is 4.21. The minimum Gasteiger partial charge on any atom is -0.493 e. The van der Waals surface area contributed by atoms with Gasteiger partial charge in [-0.3, -0.25) is 0 Å². The van der Waals surface area contributed by atoms with Crippen molar-refractivity contribution in [3.05, 3.63) is 21.7 Å². The van der Waals surface area contributed by atoms with Crippen molar-refractivity contribution in [3.8, 4) is 11.5 Å². The van der Waals surface area contributed by atoms with Gasteiger partial charge in [0.1, 0.15) is 0 Å². The number of methoxy groups -OCH3 is 2. The molecule has 118 valence electrons.